The molecular weight excluding hydrogens is 422 g/mol. The Morgan fingerprint density at radius 3 is 2.52 bits per heavy atom. The van der Waals surface area contributed by atoms with Crippen molar-refractivity contribution < 1.29 is 33.6 Å². The summed E-state index contributed by atoms with van der Waals surface area (Å²) in [6.07, 6.45) is 0. The van der Waals surface area contributed by atoms with Crippen molar-refractivity contribution in [1.82, 2.24) is 0 Å². The van der Waals surface area contributed by atoms with Crippen LogP contribution in [0.2, 0.25) is 0 Å². The van der Waals surface area contributed by atoms with E-state index in [4.69, 9.17) is 23.7 Å². The second-order valence-corrected chi connectivity index (χ2v) is 8.65. The number of esters is 1. The average Bonchev–Trinajstić information content (AvgIpc) is 3.15. The minimum atomic E-state index is -0.961. The highest BCUT2D eigenvalue weighted by Crippen LogP contribution is 2.38. The molecule has 174 valence electrons. The van der Waals surface area contributed by atoms with E-state index in [-0.39, 0.29) is 24.2 Å². The van der Waals surface area contributed by atoms with Gasteiger partial charge in [0.05, 0.1) is 45.2 Å². The molecule has 0 spiro atoms. The second kappa shape index (κ2) is 12.9. The number of benzene rings is 1. The van der Waals surface area contributed by atoms with Crippen molar-refractivity contribution >= 4 is 22.8 Å². The number of hydrogen-bond acceptors (Lipinski definition) is 9. The number of carbonyl (C=O) groups is 1. The molecule has 1 aromatic rings. The van der Waals surface area contributed by atoms with E-state index in [2.05, 4.69) is 4.99 Å². The van der Waals surface area contributed by atoms with Gasteiger partial charge in [-0.15, -0.1) is 11.8 Å². The minimum absolute atomic E-state index is 0.00329. The zero-order valence-corrected chi connectivity index (χ0v) is 19.5. The Kier molecular flexibility index (Phi) is 10.6. The molecule has 0 saturated heterocycles. The lowest BCUT2D eigenvalue weighted by Gasteiger charge is -2.18. The number of aromatic hydroxyl groups is 1. The summed E-state index contributed by atoms with van der Waals surface area (Å²) in [5, 5.41) is 11.2. The largest absolute Gasteiger partial charge is 0.504 e. The first kappa shape index (κ1) is 25.5. The molecule has 8 nitrogen and oxygen atoms in total. The van der Waals surface area contributed by atoms with Gasteiger partial charge in [-0.05, 0) is 25.0 Å². The van der Waals surface area contributed by atoms with E-state index in [0.29, 0.717) is 61.8 Å². The van der Waals surface area contributed by atoms with Gasteiger partial charge in [0.2, 0.25) is 0 Å². The molecule has 1 heterocycles. The van der Waals surface area contributed by atoms with Crippen molar-refractivity contribution in [2.75, 3.05) is 59.1 Å². The van der Waals surface area contributed by atoms with Gasteiger partial charge in [0, 0.05) is 12.9 Å². The van der Waals surface area contributed by atoms with Gasteiger partial charge in [0.15, 0.2) is 17.0 Å². The van der Waals surface area contributed by atoms with Crippen molar-refractivity contribution in [2.24, 2.45) is 10.9 Å². The Morgan fingerprint density at radius 2 is 1.84 bits per heavy atom. The molecule has 1 unspecified atom stereocenters. The molecule has 0 saturated carbocycles. The number of rotatable bonds is 14. The van der Waals surface area contributed by atoms with Gasteiger partial charge in [0.1, 0.15) is 11.7 Å². The Balaban J connectivity index is 1.87. The summed E-state index contributed by atoms with van der Waals surface area (Å²) in [5.41, 5.74) is -0.424. The van der Waals surface area contributed by atoms with Gasteiger partial charge in [-0.2, -0.15) is 0 Å². The summed E-state index contributed by atoms with van der Waals surface area (Å²) < 4.78 is 26.7. The molecule has 1 atom stereocenters. The molecule has 1 aliphatic rings. The molecular formula is C22H33NO7S. The van der Waals surface area contributed by atoms with E-state index >= 15 is 0 Å². The number of thioether (sulfide) groups is 1. The molecule has 2 rings (SSSR count). The summed E-state index contributed by atoms with van der Waals surface area (Å²) in [6.45, 7) is 8.77. The van der Waals surface area contributed by atoms with Crippen molar-refractivity contribution in [3.05, 3.63) is 23.8 Å². The van der Waals surface area contributed by atoms with Crippen molar-refractivity contribution in [2.45, 2.75) is 26.3 Å². The Morgan fingerprint density at radius 1 is 1.16 bits per heavy atom. The van der Waals surface area contributed by atoms with Gasteiger partial charge in [-0.25, -0.2) is 4.79 Å². The molecule has 1 N–H and O–H groups in total. The van der Waals surface area contributed by atoms with E-state index in [1.54, 1.807) is 32.2 Å². The topological polar surface area (TPSA) is 95.8 Å². The van der Waals surface area contributed by atoms with Crippen LogP contribution in [0.3, 0.4) is 0 Å². The van der Waals surface area contributed by atoms with Crippen LogP contribution in [0.4, 0.5) is 0 Å². The number of ether oxygens (including phenoxy) is 5. The van der Waals surface area contributed by atoms with Crippen molar-refractivity contribution in [3.8, 4) is 11.5 Å². The molecule has 0 aromatic heterocycles. The fourth-order valence-electron chi connectivity index (χ4n) is 2.62. The SMILES string of the molecule is COCCOCCOCCOc1cccc(C2=NC(C)(C(=O)OCC(C)C)CS2)c1O. The van der Waals surface area contributed by atoms with Crippen molar-refractivity contribution in [3.63, 3.8) is 0 Å². The zero-order valence-electron chi connectivity index (χ0n) is 18.7. The van der Waals surface area contributed by atoms with E-state index in [1.807, 2.05) is 13.8 Å². The van der Waals surface area contributed by atoms with Crippen LogP contribution in [0.5, 0.6) is 11.5 Å². The number of aliphatic imine (C=N–C) groups is 1. The molecule has 0 fully saturated rings. The standard InChI is InChI=1S/C22H33NO7S/c1-16(2)14-30-21(25)22(3)15-31-20(23-22)17-6-5-7-18(19(17)24)29-13-12-28-11-10-27-9-8-26-4/h5-7,16,24H,8-15H2,1-4H3. The lowest BCUT2D eigenvalue weighted by atomic mass is 10.1. The van der Waals surface area contributed by atoms with Crippen LogP contribution in [0.1, 0.15) is 26.3 Å². The number of para-hydroxylation sites is 1. The van der Waals surface area contributed by atoms with E-state index in [0.717, 1.165) is 0 Å². The minimum Gasteiger partial charge on any atom is -0.504 e. The Labute approximate surface area is 188 Å². The Bertz CT molecular complexity index is 741. The first-order valence-electron chi connectivity index (χ1n) is 10.4. The molecule has 0 aliphatic carbocycles. The highest BCUT2D eigenvalue weighted by atomic mass is 32.2. The van der Waals surface area contributed by atoms with Crippen LogP contribution in [0, 0.1) is 5.92 Å². The van der Waals surface area contributed by atoms with Crippen LogP contribution in [0.25, 0.3) is 0 Å². The summed E-state index contributed by atoms with van der Waals surface area (Å²) >= 11 is 1.42. The number of hydrogen-bond donors (Lipinski definition) is 1. The van der Waals surface area contributed by atoms with Crippen LogP contribution >= 0.6 is 11.8 Å². The number of methoxy groups -OCH3 is 1. The predicted octanol–water partition coefficient (Wildman–Crippen LogP) is 2.90. The highest BCUT2D eigenvalue weighted by molar-refractivity contribution is 8.14. The van der Waals surface area contributed by atoms with Gasteiger partial charge in [-0.3, -0.25) is 4.99 Å². The highest BCUT2D eigenvalue weighted by Gasteiger charge is 2.40. The van der Waals surface area contributed by atoms with Gasteiger partial charge >= 0.3 is 5.97 Å². The fraction of sp³-hybridized carbons (Fsp3) is 0.636. The van der Waals surface area contributed by atoms with Gasteiger partial charge in [0.25, 0.3) is 0 Å². The first-order chi connectivity index (χ1) is 14.9. The van der Waals surface area contributed by atoms with Crippen LogP contribution < -0.4 is 4.74 Å². The quantitative estimate of drug-likeness (QED) is 0.338. The van der Waals surface area contributed by atoms with E-state index in [9.17, 15) is 9.90 Å². The van der Waals surface area contributed by atoms with Gasteiger partial charge in [-0.1, -0.05) is 19.9 Å². The summed E-state index contributed by atoms with van der Waals surface area (Å²) in [6, 6.07) is 5.22. The second-order valence-electron chi connectivity index (χ2n) is 7.69. The lowest BCUT2D eigenvalue weighted by Crippen LogP contribution is -2.36. The molecule has 0 radical (unpaired) electrons. The number of phenols is 1. The summed E-state index contributed by atoms with van der Waals surface area (Å²) in [5.74, 6) is 0.714. The predicted molar refractivity (Wildman–Crippen MR) is 120 cm³/mol. The summed E-state index contributed by atoms with van der Waals surface area (Å²) in [7, 11) is 1.63. The monoisotopic (exact) mass is 455 g/mol. The Hall–Kier alpha value is -1.81. The smallest absolute Gasteiger partial charge is 0.334 e. The third kappa shape index (κ3) is 7.99. The summed E-state index contributed by atoms with van der Waals surface area (Å²) in [4.78, 5) is 17.0. The molecule has 0 bridgehead atoms. The van der Waals surface area contributed by atoms with Crippen LogP contribution in [-0.2, 0) is 23.7 Å². The van der Waals surface area contributed by atoms with E-state index in [1.165, 1.54) is 11.8 Å². The third-order valence-electron chi connectivity index (χ3n) is 4.34. The zero-order chi connectivity index (χ0) is 22.7. The van der Waals surface area contributed by atoms with E-state index < -0.39 is 5.54 Å². The molecule has 9 heteroatoms. The number of carbonyl (C=O) groups excluding carboxylic acids is 1. The number of nitrogens with zero attached hydrogens (tertiary/aromatic N) is 1. The fourth-order valence-corrected chi connectivity index (χ4v) is 3.81. The maximum absolute atomic E-state index is 12.4. The van der Waals surface area contributed by atoms with Crippen LogP contribution in [-0.4, -0.2) is 80.8 Å². The maximum Gasteiger partial charge on any atom is 0.334 e. The average molecular weight is 456 g/mol. The third-order valence-corrected chi connectivity index (χ3v) is 5.64. The molecule has 1 aliphatic heterocycles. The van der Waals surface area contributed by atoms with Gasteiger partial charge < -0.3 is 28.8 Å². The first-order valence-corrected chi connectivity index (χ1v) is 11.4. The number of phenolic OH excluding ortho intramolecular Hbond substituents is 1. The van der Waals surface area contributed by atoms with Crippen molar-refractivity contribution in [1.29, 1.82) is 0 Å². The van der Waals surface area contributed by atoms with Crippen LogP contribution in [0.15, 0.2) is 23.2 Å². The lowest BCUT2D eigenvalue weighted by molar-refractivity contribution is -0.149. The molecule has 31 heavy (non-hydrogen) atoms. The molecule has 0 amide bonds. The normalized spacial score (nSPS) is 18.3. The molecule has 1 aromatic carbocycles. The maximum atomic E-state index is 12.4.